The van der Waals surface area contributed by atoms with Crippen molar-refractivity contribution < 1.29 is 32.1 Å². The van der Waals surface area contributed by atoms with Crippen LogP contribution in [0.25, 0.3) is 22.4 Å². The molecular weight excluding hydrogens is 440 g/mol. The summed E-state index contributed by atoms with van der Waals surface area (Å²) < 4.78 is 64.7. The van der Waals surface area contributed by atoms with Crippen molar-refractivity contribution in [3.63, 3.8) is 0 Å². The van der Waals surface area contributed by atoms with Crippen LogP contribution in [-0.2, 0) is 12.8 Å². The van der Waals surface area contributed by atoms with Crippen molar-refractivity contribution in [3.8, 4) is 39.6 Å². The largest absolute Gasteiger partial charge is 0.507 e. The summed E-state index contributed by atoms with van der Waals surface area (Å²) in [4.78, 5) is 0. The minimum atomic E-state index is -4.69. The Bertz CT molecular complexity index is 1250. The van der Waals surface area contributed by atoms with Crippen LogP contribution in [0.3, 0.4) is 0 Å². The molecule has 4 aromatic rings. The van der Waals surface area contributed by atoms with Gasteiger partial charge in [0, 0.05) is 17.2 Å². The Morgan fingerprint density at radius 3 is 2.21 bits per heavy atom. The lowest BCUT2D eigenvalue weighted by molar-refractivity contribution is -0.140. The van der Waals surface area contributed by atoms with Gasteiger partial charge in [-0.3, -0.25) is 5.10 Å². The number of hydrogen-bond donors (Lipinski definition) is 2. The number of phenols is 1. The van der Waals surface area contributed by atoms with Gasteiger partial charge in [0.05, 0.1) is 7.11 Å². The maximum Gasteiger partial charge on any atom is 0.433 e. The van der Waals surface area contributed by atoms with Crippen LogP contribution in [0.2, 0.25) is 0 Å². The van der Waals surface area contributed by atoms with Crippen LogP contribution in [0.1, 0.15) is 11.3 Å². The van der Waals surface area contributed by atoms with Gasteiger partial charge in [0.2, 0.25) is 0 Å². The zero-order valence-corrected chi connectivity index (χ0v) is 17.3. The van der Waals surface area contributed by atoms with Crippen LogP contribution in [0, 0.1) is 5.82 Å². The van der Waals surface area contributed by atoms with E-state index in [9.17, 15) is 22.7 Å². The van der Waals surface area contributed by atoms with Crippen molar-refractivity contribution in [3.05, 3.63) is 83.8 Å². The van der Waals surface area contributed by atoms with Crippen LogP contribution >= 0.6 is 0 Å². The number of H-pyrrole nitrogens is 1. The second kappa shape index (κ2) is 8.85. The van der Waals surface area contributed by atoms with Crippen molar-refractivity contribution in [2.45, 2.75) is 12.8 Å². The third-order valence-corrected chi connectivity index (χ3v) is 4.97. The molecular formula is C24H18F4N2O3. The van der Waals surface area contributed by atoms with E-state index in [1.54, 1.807) is 24.3 Å². The molecule has 0 spiro atoms. The number of ether oxygens (including phenoxy) is 2. The Balaban J connectivity index is 1.68. The monoisotopic (exact) mass is 458 g/mol. The summed E-state index contributed by atoms with van der Waals surface area (Å²) in [5, 5.41) is 16.5. The number of hydrogen-bond acceptors (Lipinski definition) is 4. The van der Waals surface area contributed by atoms with E-state index in [4.69, 9.17) is 9.47 Å². The number of aromatic hydroxyl groups is 1. The first kappa shape index (κ1) is 22.2. The molecule has 0 saturated heterocycles. The Hall–Kier alpha value is -4.01. The maximum absolute atomic E-state index is 13.7. The maximum atomic E-state index is 13.7. The summed E-state index contributed by atoms with van der Waals surface area (Å²) in [5.74, 6) is 0.105. The van der Waals surface area contributed by atoms with E-state index in [0.29, 0.717) is 11.3 Å². The minimum absolute atomic E-state index is 0.0601. The Morgan fingerprint density at radius 2 is 1.61 bits per heavy atom. The number of nitrogens with zero attached hydrogens (tertiary/aromatic N) is 1. The minimum Gasteiger partial charge on any atom is -0.507 e. The molecule has 0 radical (unpaired) electrons. The molecule has 33 heavy (non-hydrogen) atoms. The van der Waals surface area contributed by atoms with E-state index in [1.165, 1.54) is 49.6 Å². The average Bonchev–Trinajstić information content (AvgIpc) is 3.24. The molecule has 2 N–H and O–H groups in total. The molecule has 0 aliphatic carbocycles. The molecule has 0 fully saturated rings. The van der Waals surface area contributed by atoms with Crippen LogP contribution in [0.5, 0.6) is 17.2 Å². The lowest BCUT2D eigenvalue weighted by Crippen LogP contribution is -2.07. The summed E-state index contributed by atoms with van der Waals surface area (Å²) in [6.45, 7) is 0.122. The van der Waals surface area contributed by atoms with Crippen LogP contribution in [0.15, 0.2) is 66.7 Å². The standard InChI is InChI=1S/C24H18F4N2O3/c1-32-17-8-4-15(5-9-17)21-22(29-30-23(21)24(26,27)28)19-11-10-18(12-20(19)31)33-13-14-2-6-16(25)7-3-14/h2-12,31H,13H2,1H3,(H,29,30). The van der Waals surface area contributed by atoms with Crippen molar-refractivity contribution in [1.82, 2.24) is 10.2 Å². The SMILES string of the molecule is COc1ccc(-c2c(-c3ccc(OCc4ccc(F)cc4)cc3O)n[nH]c2C(F)(F)F)cc1. The van der Waals surface area contributed by atoms with Gasteiger partial charge in [-0.1, -0.05) is 24.3 Å². The number of nitrogens with one attached hydrogen (secondary N) is 1. The Morgan fingerprint density at radius 1 is 0.939 bits per heavy atom. The van der Waals surface area contributed by atoms with E-state index in [1.807, 2.05) is 0 Å². The van der Waals surface area contributed by atoms with Gasteiger partial charge in [-0.25, -0.2) is 4.39 Å². The third-order valence-electron chi connectivity index (χ3n) is 4.97. The van der Waals surface area contributed by atoms with Gasteiger partial charge in [0.1, 0.15) is 41.1 Å². The summed E-state index contributed by atoms with van der Waals surface area (Å²) in [6, 6.07) is 16.0. The molecule has 4 rings (SSSR count). The number of rotatable bonds is 6. The van der Waals surface area contributed by atoms with Gasteiger partial charge in [0.25, 0.3) is 0 Å². The number of phenolic OH excluding ortho intramolecular Hbond substituents is 1. The average molecular weight is 458 g/mol. The predicted molar refractivity (Wildman–Crippen MR) is 113 cm³/mol. The number of methoxy groups -OCH3 is 1. The lowest BCUT2D eigenvalue weighted by atomic mass is 9.98. The van der Waals surface area contributed by atoms with E-state index >= 15 is 0 Å². The number of halogens is 4. The van der Waals surface area contributed by atoms with Crippen molar-refractivity contribution in [2.24, 2.45) is 0 Å². The summed E-state index contributed by atoms with van der Waals surface area (Å²) in [7, 11) is 1.46. The van der Waals surface area contributed by atoms with E-state index in [-0.39, 0.29) is 46.3 Å². The molecule has 0 amide bonds. The summed E-state index contributed by atoms with van der Waals surface area (Å²) in [5.41, 5.74) is -0.220. The van der Waals surface area contributed by atoms with Gasteiger partial charge in [-0.2, -0.15) is 18.3 Å². The first-order chi connectivity index (χ1) is 15.8. The highest BCUT2D eigenvalue weighted by Crippen LogP contribution is 2.44. The molecule has 0 aliphatic rings. The second-order valence-corrected chi connectivity index (χ2v) is 7.14. The normalized spacial score (nSPS) is 11.4. The first-order valence-electron chi connectivity index (χ1n) is 9.77. The smallest absolute Gasteiger partial charge is 0.433 e. The zero-order valence-electron chi connectivity index (χ0n) is 17.3. The molecule has 9 heteroatoms. The van der Waals surface area contributed by atoms with E-state index in [0.717, 1.165) is 0 Å². The van der Waals surface area contributed by atoms with Gasteiger partial charge in [-0.05, 0) is 47.5 Å². The van der Waals surface area contributed by atoms with E-state index in [2.05, 4.69) is 10.2 Å². The number of aromatic nitrogens is 2. The topological polar surface area (TPSA) is 67.4 Å². The fraction of sp³-hybridized carbons (Fsp3) is 0.125. The number of benzene rings is 3. The van der Waals surface area contributed by atoms with Gasteiger partial charge < -0.3 is 14.6 Å². The van der Waals surface area contributed by atoms with Gasteiger partial charge in [-0.15, -0.1) is 0 Å². The number of alkyl halides is 3. The lowest BCUT2D eigenvalue weighted by Gasteiger charge is -2.12. The van der Waals surface area contributed by atoms with Crippen molar-refractivity contribution in [2.75, 3.05) is 7.11 Å². The molecule has 0 saturated carbocycles. The molecule has 0 unspecified atom stereocenters. The predicted octanol–water partition coefficient (Wildman–Crippen LogP) is 6.19. The highest BCUT2D eigenvalue weighted by molar-refractivity contribution is 5.85. The second-order valence-electron chi connectivity index (χ2n) is 7.14. The highest BCUT2D eigenvalue weighted by Gasteiger charge is 2.38. The molecule has 170 valence electrons. The Labute approximate surface area is 186 Å². The third kappa shape index (κ3) is 4.77. The molecule has 0 atom stereocenters. The highest BCUT2D eigenvalue weighted by atomic mass is 19.4. The molecule has 0 aliphatic heterocycles. The van der Waals surface area contributed by atoms with Crippen LogP contribution < -0.4 is 9.47 Å². The van der Waals surface area contributed by atoms with E-state index < -0.39 is 11.9 Å². The van der Waals surface area contributed by atoms with Crippen molar-refractivity contribution >= 4 is 0 Å². The van der Waals surface area contributed by atoms with Crippen LogP contribution in [-0.4, -0.2) is 22.4 Å². The molecule has 5 nitrogen and oxygen atoms in total. The molecule has 0 bridgehead atoms. The Kier molecular flexibility index (Phi) is 5.95. The van der Waals surface area contributed by atoms with Gasteiger partial charge in [0.15, 0.2) is 0 Å². The first-order valence-corrected chi connectivity index (χ1v) is 9.77. The molecule has 1 heterocycles. The fourth-order valence-electron chi connectivity index (χ4n) is 3.33. The van der Waals surface area contributed by atoms with Crippen LogP contribution in [0.4, 0.5) is 17.6 Å². The quantitative estimate of drug-likeness (QED) is 0.338. The molecule has 3 aromatic carbocycles. The molecule has 1 aromatic heterocycles. The fourth-order valence-corrected chi connectivity index (χ4v) is 3.33. The zero-order chi connectivity index (χ0) is 23.6. The van der Waals surface area contributed by atoms with Crippen molar-refractivity contribution in [1.29, 1.82) is 0 Å². The number of aromatic amines is 1. The summed E-state index contributed by atoms with van der Waals surface area (Å²) >= 11 is 0. The summed E-state index contributed by atoms with van der Waals surface area (Å²) in [6.07, 6.45) is -4.69. The van der Waals surface area contributed by atoms with Gasteiger partial charge >= 0.3 is 6.18 Å².